The Morgan fingerprint density at radius 1 is 1.04 bits per heavy atom. The third-order valence-electron chi connectivity index (χ3n) is 10.8. The summed E-state index contributed by atoms with van der Waals surface area (Å²) in [5, 5.41) is 0.0901. The van der Waals surface area contributed by atoms with Gasteiger partial charge < -0.3 is 23.5 Å². The van der Waals surface area contributed by atoms with Crippen LogP contribution in [0.3, 0.4) is 0 Å². The molecule has 2 aromatic heterocycles. The van der Waals surface area contributed by atoms with Crippen molar-refractivity contribution in [2.75, 3.05) is 31.1 Å². The lowest BCUT2D eigenvalue weighted by Gasteiger charge is -2.45. The van der Waals surface area contributed by atoms with Gasteiger partial charge in [0.1, 0.15) is 17.2 Å². The number of hydrogen-bond acceptors (Lipinski definition) is 7. The van der Waals surface area contributed by atoms with E-state index in [4.69, 9.17) is 19.1 Å². The maximum absolute atomic E-state index is 14.4. The third-order valence-corrected chi connectivity index (χ3v) is 15.3. The second-order valence-corrected chi connectivity index (χ2v) is 22.7. The molecule has 2 atom stereocenters. The number of piperazine rings is 1. The number of amides is 2. The zero-order chi connectivity index (χ0) is 38.4. The molecule has 284 valence electrons. The summed E-state index contributed by atoms with van der Waals surface area (Å²) in [5.74, 6) is 0.576. The number of anilines is 1. The minimum absolute atomic E-state index is 0.0127. The van der Waals surface area contributed by atoms with Crippen molar-refractivity contribution in [1.82, 2.24) is 24.3 Å². The van der Waals surface area contributed by atoms with Crippen molar-refractivity contribution in [3.63, 3.8) is 0 Å². The van der Waals surface area contributed by atoms with E-state index in [9.17, 15) is 14.0 Å². The van der Waals surface area contributed by atoms with Crippen LogP contribution in [0, 0.1) is 12.7 Å². The van der Waals surface area contributed by atoms with Crippen LogP contribution in [0.2, 0.25) is 18.1 Å². The molecule has 10 nitrogen and oxygen atoms in total. The summed E-state index contributed by atoms with van der Waals surface area (Å²) >= 11 is 0. The van der Waals surface area contributed by atoms with Crippen molar-refractivity contribution in [2.45, 2.75) is 130 Å². The summed E-state index contributed by atoms with van der Waals surface area (Å²) in [6.45, 7) is 27.6. The molecule has 1 fully saturated rings. The van der Waals surface area contributed by atoms with Crippen LogP contribution in [0.4, 0.5) is 14.9 Å². The van der Waals surface area contributed by atoms with Gasteiger partial charge in [-0.25, -0.2) is 14.2 Å². The number of aromatic nitrogens is 3. The van der Waals surface area contributed by atoms with Crippen LogP contribution >= 0.6 is 0 Å². The first-order chi connectivity index (χ1) is 24.0. The molecule has 1 aromatic carbocycles. The van der Waals surface area contributed by atoms with E-state index >= 15 is 0 Å². The molecule has 0 unspecified atom stereocenters. The van der Waals surface area contributed by atoms with Crippen LogP contribution < -0.4 is 4.90 Å². The lowest BCUT2D eigenvalue weighted by molar-refractivity contribution is -0.121. The van der Waals surface area contributed by atoms with Crippen LogP contribution in [0.5, 0.6) is 0 Å². The first-order valence-corrected chi connectivity index (χ1v) is 21.4. The number of hydrogen-bond donors (Lipinski definition) is 0. The van der Waals surface area contributed by atoms with Crippen molar-refractivity contribution in [3.05, 3.63) is 76.9 Å². The van der Waals surface area contributed by atoms with Crippen LogP contribution in [0.15, 0.2) is 42.7 Å². The normalized spacial score (nSPS) is 19.6. The van der Waals surface area contributed by atoms with Gasteiger partial charge in [-0.1, -0.05) is 46.8 Å². The fourth-order valence-electron chi connectivity index (χ4n) is 6.77. The predicted octanol–water partition coefficient (Wildman–Crippen LogP) is 7.47. The van der Waals surface area contributed by atoms with E-state index in [0.29, 0.717) is 39.2 Å². The molecule has 0 spiro atoms. The smallest absolute Gasteiger partial charge is 0.410 e. The Kier molecular flexibility index (Phi) is 11.2. The number of nitrogens with zero attached hydrogens (tertiary/aromatic N) is 6. The molecule has 1 saturated heterocycles. The largest absolute Gasteiger partial charge is 0.444 e. The Balaban J connectivity index is 1.38. The predicted molar refractivity (Wildman–Crippen MR) is 206 cm³/mol. The molecule has 3 aromatic rings. The molecule has 0 N–H and O–H groups in total. The van der Waals surface area contributed by atoms with Gasteiger partial charge in [0.25, 0.3) is 0 Å². The van der Waals surface area contributed by atoms with Gasteiger partial charge in [0.15, 0.2) is 8.32 Å². The zero-order valence-electron chi connectivity index (χ0n) is 33.3. The number of ether oxygens (including phenoxy) is 1. The van der Waals surface area contributed by atoms with E-state index in [-0.39, 0.29) is 46.9 Å². The zero-order valence-corrected chi connectivity index (χ0v) is 34.3. The summed E-state index contributed by atoms with van der Waals surface area (Å²) in [4.78, 5) is 43.4. The molecule has 2 aliphatic rings. The van der Waals surface area contributed by atoms with Crippen LogP contribution in [-0.2, 0) is 38.9 Å². The first kappa shape index (κ1) is 39.6. The third kappa shape index (κ3) is 9.12. The molecule has 0 aliphatic carbocycles. The number of rotatable bonds is 9. The Hall–Kier alpha value is -3.61. The maximum atomic E-state index is 14.4. The monoisotopic (exact) mass is 734 g/mol. The highest BCUT2D eigenvalue weighted by Crippen LogP contribution is 2.40. The summed E-state index contributed by atoms with van der Waals surface area (Å²) in [5.41, 5.74) is 3.58. The minimum atomic E-state index is -1.97. The Morgan fingerprint density at radius 3 is 2.35 bits per heavy atom. The Bertz CT molecular complexity index is 1760. The van der Waals surface area contributed by atoms with Gasteiger partial charge in [0.2, 0.25) is 5.91 Å². The fourth-order valence-corrected chi connectivity index (χ4v) is 7.71. The second kappa shape index (κ2) is 14.7. The molecule has 5 rings (SSSR count). The van der Waals surface area contributed by atoms with Crippen molar-refractivity contribution in [2.24, 2.45) is 0 Å². The molecule has 12 heteroatoms. The van der Waals surface area contributed by atoms with E-state index in [0.717, 1.165) is 34.0 Å². The number of carbonyl (C=O) groups is 2. The summed E-state index contributed by atoms with van der Waals surface area (Å²) in [6, 6.07) is 8.20. The van der Waals surface area contributed by atoms with E-state index in [1.54, 1.807) is 17.0 Å². The van der Waals surface area contributed by atoms with E-state index in [1.807, 2.05) is 51.9 Å². The maximum Gasteiger partial charge on any atom is 0.410 e. The topological polar surface area (TPSA) is 93.0 Å². The van der Waals surface area contributed by atoms with Crippen molar-refractivity contribution < 1.29 is 23.1 Å². The van der Waals surface area contributed by atoms with Gasteiger partial charge in [-0.05, 0) is 88.5 Å². The van der Waals surface area contributed by atoms with Crippen LogP contribution in [-0.4, -0.2) is 88.5 Å². The molecule has 0 saturated carbocycles. The number of aryl methyl sites for hydroxylation is 1. The van der Waals surface area contributed by atoms with Crippen molar-refractivity contribution in [3.8, 4) is 0 Å². The number of carbonyl (C=O) groups excluding carboxylic acids is 2. The lowest BCUT2D eigenvalue weighted by Crippen LogP contribution is -2.62. The number of pyridine rings is 1. The number of benzene rings is 1. The van der Waals surface area contributed by atoms with Gasteiger partial charge in [-0.2, -0.15) is 0 Å². The molecular weight excluding hydrogens is 676 g/mol. The molecule has 2 aliphatic heterocycles. The van der Waals surface area contributed by atoms with Crippen molar-refractivity contribution in [1.29, 1.82) is 0 Å². The highest BCUT2D eigenvalue weighted by Gasteiger charge is 2.43. The van der Waals surface area contributed by atoms with Gasteiger partial charge in [-0.3, -0.25) is 14.7 Å². The van der Waals surface area contributed by atoms with E-state index < -0.39 is 13.9 Å². The van der Waals surface area contributed by atoms with Crippen LogP contribution in [0.25, 0.3) is 0 Å². The highest BCUT2D eigenvalue weighted by molar-refractivity contribution is 6.74. The first-order valence-electron chi connectivity index (χ1n) is 18.5. The quantitative estimate of drug-likeness (QED) is 0.211. The molecule has 0 bridgehead atoms. The second-order valence-electron chi connectivity index (χ2n) is 17.9. The Morgan fingerprint density at radius 2 is 1.71 bits per heavy atom. The average Bonchev–Trinajstić information content (AvgIpc) is 3.51. The van der Waals surface area contributed by atoms with Crippen molar-refractivity contribution >= 4 is 26.0 Å². The van der Waals surface area contributed by atoms with Gasteiger partial charge in [-0.15, -0.1) is 0 Å². The Labute approximate surface area is 310 Å². The number of fused-ring (bicyclic) bond motifs is 1. The number of imidazole rings is 1. The molecule has 0 radical (unpaired) electrons. The van der Waals surface area contributed by atoms with Crippen LogP contribution in [0.1, 0.15) is 90.7 Å². The fraction of sp³-hybridized carbons (Fsp3) is 0.600. The van der Waals surface area contributed by atoms with Gasteiger partial charge >= 0.3 is 6.09 Å². The van der Waals surface area contributed by atoms with E-state index in [1.165, 1.54) is 12.1 Å². The van der Waals surface area contributed by atoms with Gasteiger partial charge in [0.05, 0.1) is 30.2 Å². The summed E-state index contributed by atoms with van der Waals surface area (Å²) in [7, 11) is -1.97. The standard InChI is InChI=1S/C40H59FN6O4Si/c1-27-20-45(24-35(48)47-26-40(9,10)36-34(47)18-30(19-42-36)17-29-13-15-31(41)16-14-29)33(23-46(27)37(49)51-38(3,4)5)22-44-21-32(43-28(44)2)25-50-52(11,12)39(6,7)8/h13-16,18-19,21,27,33H,17,20,22-26H2,1-12H3/t27-,33+/m1/s1. The summed E-state index contributed by atoms with van der Waals surface area (Å²) in [6.07, 6.45) is 4.15. The highest BCUT2D eigenvalue weighted by atomic mass is 28.4. The molecular formula is C40H59FN6O4Si. The number of halogens is 1. The minimum Gasteiger partial charge on any atom is -0.444 e. The summed E-state index contributed by atoms with van der Waals surface area (Å²) < 4.78 is 28.0. The van der Waals surface area contributed by atoms with E-state index in [2.05, 4.69) is 63.2 Å². The molecule has 4 heterocycles. The SMILES string of the molecule is Cc1nc(CO[Si](C)(C)C(C)(C)C)cn1C[C@H]1CN(C(=O)OC(C)(C)C)[C@H](C)CN1CC(=O)N1CC(C)(C)c2ncc(Cc3ccc(F)cc3)cc21. The lowest BCUT2D eigenvalue weighted by atomic mass is 9.91. The average molecular weight is 735 g/mol. The van der Waals surface area contributed by atoms with Gasteiger partial charge in [0, 0.05) is 56.1 Å². The molecule has 2 amide bonds. The molecule has 52 heavy (non-hydrogen) atoms.